The Hall–Kier alpha value is -2.79. The maximum Gasteiger partial charge on any atom is 0.289 e. The summed E-state index contributed by atoms with van der Waals surface area (Å²) in [6.07, 6.45) is 2.12. The van der Waals surface area contributed by atoms with Gasteiger partial charge in [0.1, 0.15) is 5.58 Å². The van der Waals surface area contributed by atoms with Crippen LogP contribution in [0.1, 0.15) is 39.3 Å². The number of nitrogens with zero attached hydrogens (tertiary/aromatic N) is 1. The van der Waals surface area contributed by atoms with Crippen LogP contribution in [0.4, 0.5) is 0 Å². The molecule has 3 aromatic rings. The van der Waals surface area contributed by atoms with Crippen molar-refractivity contribution in [2.75, 3.05) is 7.05 Å². The second kappa shape index (κ2) is 7.08. The van der Waals surface area contributed by atoms with Gasteiger partial charge < -0.3 is 14.6 Å². The summed E-state index contributed by atoms with van der Waals surface area (Å²) in [7, 11) is 1.72. The van der Waals surface area contributed by atoms with E-state index in [1.165, 1.54) is 0 Å². The number of halogens is 1. The topological polar surface area (TPSA) is 62.6 Å². The molecule has 1 aliphatic rings. The molecule has 0 atom stereocenters. The summed E-state index contributed by atoms with van der Waals surface area (Å²) in [4.78, 5) is 26.3. The quantitative estimate of drug-likeness (QED) is 0.717. The van der Waals surface area contributed by atoms with E-state index < -0.39 is 0 Å². The first-order valence-electron chi connectivity index (χ1n) is 8.84. The number of carbonyl (C=O) groups is 2. The van der Waals surface area contributed by atoms with Crippen molar-refractivity contribution in [3.63, 3.8) is 0 Å². The number of fused-ring (bicyclic) bond motifs is 1. The Morgan fingerprint density at radius 2 is 1.89 bits per heavy atom. The van der Waals surface area contributed by atoms with Crippen LogP contribution in [0.15, 0.2) is 52.9 Å². The Labute approximate surface area is 161 Å². The van der Waals surface area contributed by atoms with Gasteiger partial charge in [-0.2, -0.15) is 0 Å². The van der Waals surface area contributed by atoms with Crippen LogP contribution in [0, 0.1) is 0 Å². The molecule has 27 heavy (non-hydrogen) atoms. The van der Waals surface area contributed by atoms with E-state index in [-0.39, 0.29) is 17.6 Å². The highest BCUT2D eigenvalue weighted by Crippen LogP contribution is 2.24. The molecule has 4 rings (SSSR count). The minimum absolute atomic E-state index is 0.0468. The zero-order valence-electron chi connectivity index (χ0n) is 14.9. The summed E-state index contributed by atoms with van der Waals surface area (Å²) >= 11 is 5.98. The van der Waals surface area contributed by atoms with Crippen LogP contribution < -0.4 is 5.32 Å². The van der Waals surface area contributed by atoms with E-state index in [4.69, 9.17) is 16.0 Å². The lowest BCUT2D eigenvalue weighted by Crippen LogP contribution is -2.26. The number of rotatable bonds is 5. The fourth-order valence-electron chi connectivity index (χ4n) is 2.91. The molecular formula is C21H19ClN2O3. The smallest absolute Gasteiger partial charge is 0.289 e. The van der Waals surface area contributed by atoms with Crippen molar-refractivity contribution in [3.8, 4) is 0 Å². The van der Waals surface area contributed by atoms with E-state index >= 15 is 0 Å². The van der Waals surface area contributed by atoms with E-state index in [9.17, 15) is 9.59 Å². The van der Waals surface area contributed by atoms with Crippen LogP contribution in [0.3, 0.4) is 0 Å². The average Bonchev–Trinajstić information content (AvgIpc) is 3.37. The van der Waals surface area contributed by atoms with Gasteiger partial charge in [0, 0.05) is 35.6 Å². The number of carbonyl (C=O) groups excluding carboxylic acids is 2. The fourth-order valence-corrected chi connectivity index (χ4v) is 3.09. The highest BCUT2D eigenvalue weighted by atomic mass is 35.5. The lowest BCUT2D eigenvalue weighted by molar-refractivity contribution is 0.0755. The Morgan fingerprint density at radius 3 is 2.59 bits per heavy atom. The zero-order valence-corrected chi connectivity index (χ0v) is 15.6. The van der Waals surface area contributed by atoms with E-state index in [0.29, 0.717) is 28.8 Å². The molecule has 0 bridgehead atoms. The second-order valence-electron chi connectivity index (χ2n) is 6.90. The summed E-state index contributed by atoms with van der Waals surface area (Å²) in [5, 5.41) is 4.36. The van der Waals surface area contributed by atoms with Gasteiger partial charge in [0.2, 0.25) is 0 Å². The molecule has 138 valence electrons. The Bertz CT molecular complexity index is 1010. The summed E-state index contributed by atoms with van der Waals surface area (Å²) in [6.45, 7) is 0.418. The minimum Gasteiger partial charge on any atom is -0.451 e. The molecule has 0 unspecified atom stereocenters. The number of hydrogen-bond donors (Lipinski definition) is 1. The molecule has 0 radical (unpaired) electrons. The first-order valence-corrected chi connectivity index (χ1v) is 9.22. The summed E-state index contributed by atoms with van der Waals surface area (Å²) in [5.41, 5.74) is 2.20. The number of benzene rings is 2. The van der Waals surface area contributed by atoms with Crippen molar-refractivity contribution >= 4 is 34.4 Å². The second-order valence-corrected chi connectivity index (χ2v) is 7.34. The molecule has 1 fully saturated rings. The summed E-state index contributed by atoms with van der Waals surface area (Å²) < 4.78 is 5.63. The first-order chi connectivity index (χ1) is 13.0. The van der Waals surface area contributed by atoms with Crippen LogP contribution in [0.5, 0.6) is 0 Å². The average molecular weight is 383 g/mol. The van der Waals surface area contributed by atoms with Gasteiger partial charge in [0.25, 0.3) is 11.8 Å². The van der Waals surface area contributed by atoms with Gasteiger partial charge >= 0.3 is 0 Å². The van der Waals surface area contributed by atoms with Gasteiger partial charge in [-0.3, -0.25) is 9.59 Å². The van der Waals surface area contributed by atoms with Gasteiger partial charge in [-0.1, -0.05) is 23.7 Å². The van der Waals surface area contributed by atoms with E-state index in [0.717, 1.165) is 23.8 Å². The third-order valence-electron chi connectivity index (χ3n) is 4.58. The van der Waals surface area contributed by atoms with Gasteiger partial charge in [-0.25, -0.2) is 0 Å². The molecule has 1 saturated carbocycles. The van der Waals surface area contributed by atoms with Crippen molar-refractivity contribution < 1.29 is 14.0 Å². The lowest BCUT2D eigenvalue weighted by atomic mass is 10.1. The van der Waals surface area contributed by atoms with Gasteiger partial charge in [0.15, 0.2) is 5.76 Å². The van der Waals surface area contributed by atoms with Crippen molar-refractivity contribution in [1.29, 1.82) is 0 Å². The lowest BCUT2D eigenvalue weighted by Gasteiger charge is -2.16. The van der Waals surface area contributed by atoms with Crippen molar-refractivity contribution in [2.45, 2.75) is 25.4 Å². The van der Waals surface area contributed by atoms with Crippen molar-refractivity contribution in [3.05, 3.63) is 70.4 Å². The number of hydrogen-bond acceptors (Lipinski definition) is 3. The van der Waals surface area contributed by atoms with Crippen LogP contribution in [0.2, 0.25) is 5.02 Å². The normalized spacial score (nSPS) is 13.6. The highest BCUT2D eigenvalue weighted by Gasteiger charge is 2.23. The number of amides is 2. The molecule has 2 amide bonds. The largest absolute Gasteiger partial charge is 0.451 e. The maximum atomic E-state index is 12.6. The summed E-state index contributed by atoms with van der Waals surface area (Å²) in [6, 6.07) is 14.6. The molecule has 0 aliphatic heterocycles. The Morgan fingerprint density at radius 1 is 1.15 bits per heavy atom. The molecule has 0 spiro atoms. The molecule has 1 aromatic heterocycles. The SMILES string of the molecule is CN(Cc1ccc(C(=O)NC2CC2)cc1)C(=O)c1cc2cc(Cl)ccc2o1. The Balaban J connectivity index is 1.43. The molecule has 2 aromatic carbocycles. The minimum atomic E-state index is -0.210. The molecule has 1 N–H and O–H groups in total. The number of furan rings is 1. The Kier molecular flexibility index (Phi) is 4.62. The van der Waals surface area contributed by atoms with Gasteiger partial charge in [0.05, 0.1) is 0 Å². The predicted octanol–water partition coefficient (Wildman–Crippen LogP) is 4.25. The molecular weight excluding hydrogens is 364 g/mol. The maximum absolute atomic E-state index is 12.6. The van der Waals surface area contributed by atoms with Crippen LogP contribution in [-0.4, -0.2) is 29.8 Å². The highest BCUT2D eigenvalue weighted by molar-refractivity contribution is 6.31. The molecule has 5 nitrogen and oxygen atoms in total. The summed E-state index contributed by atoms with van der Waals surface area (Å²) in [5.74, 6) is 0.0162. The number of nitrogens with one attached hydrogen (secondary N) is 1. The van der Waals surface area contributed by atoms with Crippen molar-refractivity contribution in [1.82, 2.24) is 10.2 Å². The van der Waals surface area contributed by atoms with Crippen LogP contribution >= 0.6 is 11.6 Å². The monoisotopic (exact) mass is 382 g/mol. The van der Waals surface area contributed by atoms with E-state index in [1.54, 1.807) is 48.3 Å². The van der Waals surface area contributed by atoms with E-state index in [2.05, 4.69) is 5.32 Å². The predicted molar refractivity (Wildman–Crippen MR) is 104 cm³/mol. The van der Waals surface area contributed by atoms with Crippen LogP contribution in [-0.2, 0) is 6.54 Å². The van der Waals surface area contributed by atoms with E-state index in [1.807, 2.05) is 12.1 Å². The standard InChI is InChI=1S/C21H19ClN2O3/c1-24(21(26)19-11-15-10-16(22)6-9-18(15)27-19)12-13-2-4-14(5-3-13)20(25)23-17-7-8-17/h2-6,9-11,17H,7-8,12H2,1H3,(H,23,25). The molecule has 0 saturated heterocycles. The van der Waals surface area contributed by atoms with Gasteiger partial charge in [-0.15, -0.1) is 0 Å². The zero-order chi connectivity index (χ0) is 19.0. The van der Waals surface area contributed by atoms with Crippen molar-refractivity contribution in [2.24, 2.45) is 0 Å². The third kappa shape index (κ3) is 3.98. The van der Waals surface area contributed by atoms with Gasteiger partial charge in [-0.05, 0) is 54.8 Å². The molecule has 6 heteroatoms. The fraction of sp³-hybridized carbons (Fsp3) is 0.238. The third-order valence-corrected chi connectivity index (χ3v) is 4.82. The first kappa shape index (κ1) is 17.6. The molecule has 1 heterocycles. The van der Waals surface area contributed by atoms with Crippen LogP contribution in [0.25, 0.3) is 11.0 Å². The molecule has 1 aliphatic carbocycles.